The monoisotopic (exact) mass is 196 g/mol. The summed E-state index contributed by atoms with van der Waals surface area (Å²) in [7, 11) is 0. The Morgan fingerprint density at radius 2 is 1.93 bits per heavy atom. The van der Waals surface area contributed by atoms with E-state index >= 15 is 0 Å². The van der Waals surface area contributed by atoms with E-state index in [-0.39, 0.29) is 0 Å². The fourth-order valence-electron chi connectivity index (χ4n) is 2.79. The summed E-state index contributed by atoms with van der Waals surface area (Å²) in [6, 6.07) is 11.0. The van der Waals surface area contributed by atoms with Crippen molar-refractivity contribution in [1.82, 2.24) is 0 Å². The number of hydrogen-bond donors (Lipinski definition) is 0. The van der Waals surface area contributed by atoms with Gasteiger partial charge in [0.05, 0.1) is 0 Å². The van der Waals surface area contributed by atoms with E-state index in [1.807, 2.05) is 0 Å². The zero-order valence-electron chi connectivity index (χ0n) is 8.95. The quantitative estimate of drug-likeness (QED) is 0.631. The first-order chi connectivity index (χ1) is 7.43. The Morgan fingerprint density at radius 3 is 2.80 bits per heavy atom. The van der Waals surface area contributed by atoms with Crippen molar-refractivity contribution >= 4 is 0 Å². The molecule has 0 N–H and O–H groups in total. The molecule has 0 spiro atoms. The van der Waals surface area contributed by atoms with Gasteiger partial charge in [0, 0.05) is 0 Å². The van der Waals surface area contributed by atoms with E-state index in [9.17, 15) is 0 Å². The van der Waals surface area contributed by atoms with Crippen LogP contribution in [0.3, 0.4) is 0 Å². The Balaban J connectivity index is 1.84. The van der Waals surface area contributed by atoms with Gasteiger partial charge in [-0.3, -0.25) is 0 Å². The summed E-state index contributed by atoms with van der Waals surface area (Å²) in [4.78, 5) is 0. The predicted molar refractivity (Wildman–Crippen MR) is 63.8 cm³/mol. The smallest absolute Gasteiger partial charge is 0.0118 e. The Kier molecular flexibility index (Phi) is 2.21. The molecule has 76 valence electrons. The third-order valence-corrected chi connectivity index (χ3v) is 3.67. The lowest BCUT2D eigenvalue weighted by Gasteiger charge is -2.24. The first-order valence-corrected chi connectivity index (χ1v) is 5.86. The summed E-state index contributed by atoms with van der Waals surface area (Å²) in [6.45, 7) is 0. The average molecular weight is 196 g/mol. The van der Waals surface area contributed by atoms with E-state index in [1.165, 1.54) is 31.2 Å². The van der Waals surface area contributed by atoms with Crippen LogP contribution in [0.4, 0.5) is 0 Å². The Labute approximate surface area is 91.3 Å². The molecule has 0 fully saturated rings. The lowest BCUT2D eigenvalue weighted by atomic mass is 9.81. The van der Waals surface area contributed by atoms with E-state index < -0.39 is 0 Å². The molecule has 0 amide bonds. The molecule has 1 unspecified atom stereocenters. The van der Waals surface area contributed by atoms with Crippen molar-refractivity contribution in [3.05, 3.63) is 59.2 Å². The van der Waals surface area contributed by atoms with Gasteiger partial charge in [0.15, 0.2) is 0 Å². The maximum Gasteiger partial charge on any atom is -0.0118 e. The fourth-order valence-corrected chi connectivity index (χ4v) is 2.79. The lowest BCUT2D eigenvalue weighted by Crippen LogP contribution is -2.06. The summed E-state index contributed by atoms with van der Waals surface area (Å²) < 4.78 is 0. The molecular formula is C15H16. The number of allylic oxidation sites excluding steroid dienone is 4. The largest absolute Gasteiger partial charge is 0.0802 e. The number of benzene rings is 1. The van der Waals surface area contributed by atoms with E-state index in [2.05, 4.69) is 42.5 Å². The van der Waals surface area contributed by atoms with Crippen LogP contribution in [-0.4, -0.2) is 0 Å². The normalized spacial score (nSPS) is 24.4. The molecule has 1 atom stereocenters. The second-order valence-electron chi connectivity index (χ2n) is 4.59. The average Bonchev–Trinajstić information content (AvgIpc) is 2.77. The zero-order chi connectivity index (χ0) is 10.1. The van der Waals surface area contributed by atoms with Crippen molar-refractivity contribution in [1.29, 1.82) is 0 Å². The van der Waals surface area contributed by atoms with Crippen LogP contribution in [-0.2, 0) is 0 Å². The van der Waals surface area contributed by atoms with Gasteiger partial charge in [-0.05, 0) is 42.7 Å². The highest BCUT2D eigenvalue weighted by Crippen LogP contribution is 2.40. The topological polar surface area (TPSA) is 0 Å². The SMILES string of the molecule is C1=CC2=C(C1)CCC(c1ccccc1)C2. The highest BCUT2D eigenvalue weighted by molar-refractivity contribution is 5.38. The van der Waals surface area contributed by atoms with Crippen LogP contribution in [0.5, 0.6) is 0 Å². The minimum absolute atomic E-state index is 0.757. The molecule has 0 bridgehead atoms. The lowest BCUT2D eigenvalue weighted by molar-refractivity contribution is 0.584. The third-order valence-electron chi connectivity index (χ3n) is 3.67. The Hall–Kier alpha value is -1.30. The van der Waals surface area contributed by atoms with Crippen molar-refractivity contribution < 1.29 is 0 Å². The standard InChI is InChI=1S/C15H16/c1-2-5-12(6-3-1)15-10-9-13-7-4-8-14(13)11-15/h1-6,8,15H,7,9-11H2. The number of rotatable bonds is 1. The van der Waals surface area contributed by atoms with E-state index in [1.54, 1.807) is 11.1 Å². The molecule has 0 heteroatoms. The van der Waals surface area contributed by atoms with E-state index in [0.29, 0.717) is 0 Å². The van der Waals surface area contributed by atoms with Gasteiger partial charge in [-0.25, -0.2) is 0 Å². The molecule has 2 aliphatic rings. The molecule has 2 aliphatic carbocycles. The fraction of sp³-hybridized carbons (Fsp3) is 0.333. The predicted octanol–water partition coefficient (Wildman–Crippen LogP) is 4.21. The van der Waals surface area contributed by atoms with Crippen LogP contribution < -0.4 is 0 Å². The van der Waals surface area contributed by atoms with Crippen LogP contribution in [0.2, 0.25) is 0 Å². The zero-order valence-corrected chi connectivity index (χ0v) is 8.95. The van der Waals surface area contributed by atoms with Crippen LogP contribution in [0.25, 0.3) is 0 Å². The molecule has 3 rings (SSSR count). The van der Waals surface area contributed by atoms with Gasteiger partial charge in [0.25, 0.3) is 0 Å². The van der Waals surface area contributed by atoms with Crippen molar-refractivity contribution in [3.63, 3.8) is 0 Å². The first kappa shape index (κ1) is 8.96. The van der Waals surface area contributed by atoms with Crippen LogP contribution in [0, 0.1) is 0 Å². The molecule has 0 saturated carbocycles. The summed E-state index contributed by atoms with van der Waals surface area (Å²) in [5.74, 6) is 0.757. The van der Waals surface area contributed by atoms with Crippen molar-refractivity contribution in [2.24, 2.45) is 0 Å². The van der Waals surface area contributed by atoms with Gasteiger partial charge in [-0.2, -0.15) is 0 Å². The van der Waals surface area contributed by atoms with Crippen molar-refractivity contribution in [3.8, 4) is 0 Å². The van der Waals surface area contributed by atoms with Crippen LogP contribution in [0.15, 0.2) is 53.6 Å². The van der Waals surface area contributed by atoms with Gasteiger partial charge in [-0.1, -0.05) is 48.1 Å². The second kappa shape index (κ2) is 3.69. The minimum atomic E-state index is 0.757. The minimum Gasteiger partial charge on any atom is -0.0802 e. The molecule has 1 aromatic rings. The first-order valence-electron chi connectivity index (χ1n) is 5.86. The summed E-state index contributed by atoms with van der Waals surface area (Å²) in [5.41, 5.74) is 4.83. The molecule has 0 saturated heterocycles. The summed E-state index contributed by atoms with van der Waals surface area (Å²) in [6.07, 6.45) is 9.78. The molecule has 0 radical (unpaired) electrons. The molecule has 0 aromatic heterocycles. The summed E-state index contributed by atoms with van der Waals surface area (Å²) >= 11 is 0. The highest BCUT2D eigenvalue weighted by atomic mass is 14.3. The Morgan fingerprint density at radius 1 is 1.07 bits per heavy atom. The highest BCUT2D eigenvalue weighted by Gasteiger charge is 2.22. The molecule has 1 aromatic carbocycles. The molecule has 0 aliphatic heterocycles. The maximum atomic E-state index is 2.34. The van der Waals surface area contributed by atoms with Gasteiger partial charge in [0.2, 0.25) is 0 Å². The van der Waals surface area contributed by atoms with Crippen molar-refractivity contribution in [2.45, 2.75) is 31.6 Å². The van der Waals surface area contributed by atoms with Gasteiger partial charge in [-0.15, -0.1) is 0 Å². The van der Waals surface area contributed by atoms with Crippen molar-refractivity contribution in [2.75, 3.05) is 0 Å². The molecule has 15 heavy (non-hydrogen) atoms. The Bertz CT molecular complexity index is 409. The van der Waals surface area contributed by atoms with Crippen LogP contribution in [0.1, 0.15) is 37.2 Å². The summed E-state index contributed by atoms with van der Waals surface area (Å²) in [5, 5.41) is 0. The van der Waals surface area contributed by atoms with E-state index in [0.717, 1.165) is 5.92 Å². The molecular weight excluding hydrogens is 180 g/mol. The molecule has 0 nitrogen and oxygen atoms in total. The van der Waals surface area contributed by atoms with Gasteiger partial charge in [0.1, 0.15) is 0 Å². The molecule has 0 heterocycles. The van der Waals surface area contributed by atoms with Crippen LogP contribution >= 0.6 is 0 Å². The second-order valence-corrected chi connectivity index (χ2v) is 4.59. The third kappa shape index (κ3) is 1.65. The van der Waals surface area contributed by atoms with Gasteiger partial charge < -0.3 is 0 Å². The maximum absolute atomic E-state index is 2.34. The number of hydrogen-bond acceptors (Lipinski definition) is 0. The van der Waals surface area contributed by atoms with Gasteiger partial charge >= 0.3 is 0 Å². The van der Waals surface area contributed by atoms with E-state index in [4.69, 9.17) is 0 Å².